The number of carbonyl (C=O) groups excluding carboxylic acids is 2. The molecule has 0 aliphatic rings. The summed E-state index contributed by atoms with van der Waals surface area (Å²) < 4.78 is 0. The predicted molar refractivity (Wildman–Crippen MR) is 92.6 cm³/mol. The average Bonchev–Trinajstić information content (AvgIpc) is 2.53. The number of aryl methyl sites for hydroxylation is 1. The first-order valence-electron chi connectivity index (χ1n) is 8.04. The van der Waals surface area contributed by atoms with Crippen LogP contribution in [0.4, 0.5) is 5.69 Å². The van der Waals surface area contributed by atoms with Crippen LogP contribution in [0, 0.1) is 6.92 Å². The molecule has 0 unspecified atom stereocenters. The number of unbranched alkanes of at least 4 members (excludes halogenated alkanes) is 1. The fourth-order valence-corrected chi connectivity index (χ4v) is 2.32. The summed E-state index contributed by atoms with van der Waals surface area (Å²) >= 11 is 0. The zero-order valence-corrected chi connectivity index (χ0v) is 13.9. The van der Waals surface area contributed by atoms with Crippen molar-refractivity contribution in [2.75, 3.05) is 11.9 Å². The van der Waals surface area contributed by atoms with Gasteiger partial charge in [0.05, 0.1) is 11.1 Å². The van der Waals surface area contributed by atoms with E-state index in [1.165, 1.54) is 0 Å². The van der Waals surface area contributed by atoms with Crippen molar-refractivity contribution in [3.63, 3.8) is 0 Å². The van der Waals surface area contributed by atoms with Gasteiger partial charge >= 0.3 is 0 Å². The SMILES string of the molecule is CCCCNC(=O)c1cc(NC(=O)CC)cc2nc(C)ccc12. The summed E-state index contributed by atoms with van der Waals surface area (Å²) in [5, 5.41) is 6.52. The van der Waals surface area contributed by atoms with Crippen LogP contribution in [0.5, 0.6) is 0 Å². The summed E-state index contributed by atoms with van der Waals surface area (Å²) in [5.74, 6) is -0.226. The van der Waals surface area contributed by atoms with Crippen LogP contribution >= 0.6 is 0 Å². The number of benzene rings is 1. The van der Waals surface area contributed by atoms with Crippen molar-refractivity contribution in [2.45, 2.75) is 40.0 Å². The molecule has 122 valence electrons. The number of hydrogen-bond acceptors (Lipinski definition) is 3. The van der Waals surface area contributed by atoms with Crippen molar-refractivity contribution in [1.29, 1.82) is 0 Å². The molecule has 5 heteroatoms. The summed E-state index contributed by atoms with van der Waals surface area (Å²) in [4.78, 5) is 28.6. The first-order chi connectivity index (χ1) is 11.0. The highest BCUT2D eigenvalue weighted by atomic mass is 16.2. The van der Waals surface area contributed by atoms with Crippen molar-refractivity contribution >= 4 is 28.4 Å². The molecule has 1 aromatic heterocycles. The fourth-order valence-electron chi connectivity index (χ4n) is 2.32. The van der Waals surface area contributed by atoms with E-state index < -0.39 is 0 Å². The molecule has 2 aromatic rings. The number of pyridine rings is 1. The van der Waals surface area contributed by atoms with Crippen LogP contribution in [0.2, 0.25) is 0 Å². The highest BCUT2D eigenvalue weighted by Gasteiger charge is 2.13. The van der Waals surface area contributed by atoms with E-state index in [2.05, 4.69) is 22.5 Å². The van der Waals surface area contributed by atoms with E-state index in [0.29, 0.717) is 29.7 Å². The van der Waals surface area contributed by atoms with Crippen LogP contribution in [0.3, 0.4) is 0 Å². The molecule has 0 saturated heterocycles. The van der Waals surface area contributed by atoms with E-state index >= 15 is 0 Å². The van der Waals surface area contributed by atoms with E-state index in [4.69, 9.17) is 0 Å². The van der Waals surface area contributed by atoms with Crippen LogP contribution in [0.25, 0.3) is 10.9 Å². The molecule has 1 heterocycles. The van der Waals surface area contributed by atoms with E-state index in [1.807, 2.05) is 19.1 Å². The predicted octanol–water partition coefficient (Wildman–Crippen LogP) is 3.42. The Hall–Kier alpha value is -2.43. The molecule has 2 amide bonds. The van der Waals surface area contributed by atoms with Gasteiger partial charge in [0.25, 0.3) is 5.91 Å². The van der Waals surface area contributed by atoms with Crippen LogP contribution in [0.1, 0.15) is 49.2 Å². The van der Waals surface area contributed by atoms with Crippen molar-refractivity contribution in [3.8, 4) is 0 Å². The third kappa shape index (κ3) is 4.28. The third-order valence-electron chi connectivity index (χ3n) is 3.61. The van der Waals surface area contributed by atoms with Crippen molar-refractivity contribution in [3.05, 3.63) is 35.5 Å². The van der Waals surface area contributed by atoms with Crippen molar-refractivity contribution < 1.29 is 9.59 Å². The van der Waals surface area contributed by atoms with Crippen LogP contribution < -0.4 is 10.6 Å². The molecule has 0 fully saturated rings. The van der Waals surface area contributed by atoms with Gasteiger partial charge in [-0.3, -0.25) is 14.6 Å². The highest BCUT2D eigenvalue weighted by molar-refractivity contribution is 6.08. The minimum Gasteiger partial charge on any atom is -0.352 e. The molecule has 0 atom stereocenters. The minimum absolute atomic E-state index is 0.0886. The Morgan fingerprint density at radius 2 is 1.96 bits per heavy atom. The summed E-state index contributed by atoms with van der Waals surface area (Å²) in [7, 11) is 0. The number of anilines is 1. The molecule has 0 radical (unpaired) electrons. The summed E-state index contributed by atoms with van der Waals surface area (Å²) in [6.45, 7) is 6.41. The number of fused-ring (bicyclic) bond motifs is 1. The lowest BCUT2D eigenvalue weighted by Gasteiger charge is -2.11. The van der Waals surface area contributed by atoms with Gasteiger partial charge in [0, 0.05) is 29.7 Å². The van der Waals surface area contributed by atoms with E-state index in [9.17, 15) is 9.59 Å². The maximum atomic E-state index is 12.5. The lowest BCUT2D eigenvalue weighted by Crippen LogP contribution is -2.25. The first kappa shape index (κ1) is 16.9. The second-order valence-electron chi connectivity index (χ2n) is 5.55. The number of nitrogens with zero attached hydrogens (tertiary/aromatic N) is 1. The molecule has 23 heavy (non-hydrogen) atoms. The molecule has 0 aliphatic heterocycles. The zero-order chi connectivity index (χ0) is 16.8. The molecular formula is C18H23N3O2. The quantitative estimate of drug-likeness (QED) is 0.803. The molecular weight excluding hydrogens is 290 g/mol. The Morgan fingerprint density at radius 1 is 1.17 bits per heavy atom. The first-order valence-corrected chi connectivity index (χ1v) is 8.04. The van der Waals surface area contributed by atoms with Gasteiger partial charge in [-0.15, -0.1) is 0 Å². The van der Waals surface area contributed by atoms with Gasteiger partial charge in [0.15, 0.2) is 0 Å². The number of rotatable bonds is 6. The molecule has 0 bridgehead atoms. The molecule has 0 spiro atoms. The van der Waals surface area contributed by atoms with Gasteiger partial charge in [-0.2, -0.15) is 0 Å². The second-order valence-corrected chi connectivity index (χ2v) is 5.55. The standard InChI is InChI=1S/C18H23N3O2/c1-4-6-9-19-18(23)15-10-13(21-17(22)5-2)11-16-14(15)8-7-12(3)20-16/h7-8,10-11H,4-6,9H2,1-3H3,(H,19,23)(H,21,22). The number of aromatic nitrogens is 1. The van der Waals surface area contributed by atoms with Gasteiger partial charge in [0.1, 0.15) is 0 Å². The van der Waals surface area contributed by atoms with Gasteiger partial charge in [-0.1, -0.05) is 26.3 Å². The molecule has 2 rings (SSSR count). The van der Waals surface area contributed by atoms with Gasteiger partial charge in [-0.25, -0.2) is 0 Å². The molecule has 0 saturated carbocycles. The van der Waals surface area contributed by atoms with E-state index in [-0.39, 0.29) is 11.8 Å². The minimum atomic E-state index is -0.137. The van der Waals surface area contributed by atoms with Gasteiger partial charge in [0.2, 0.25) is 5.91 Å². The Kier molecular flexibility index (Phi) is 5.68. The maximum Gasteiger partial charge on any atom is 0.252 e. The summed E-state index contributed by atoms with van der Waals surface area (Å²) in [6, 6.07) is 7.31. The molecule has 0 aliphatic carbocycles. The topological polar surface area (TPSA) is 71.1 Å². The molecule has 2 N–H and O–H groups in total. The maximum absolute atomic E-state index is 12.5. The second kappa shape index (κ2) is 7.72. The Bertz CT molecular complexity index is 726. The number of amides is 2. The largest absolute Gasteiger partial charge is 0.352 e. The number of carbonyl (C=O) groups is 2. The van der Waals surface area contributed by atoms with Crippen molar-refractivity contribution in [2.24, 2.45) is 0 Å². The normalized spacial score (nSPS) is 10.6. The number of nitrogens with one attached hydrogen (secondary N) is 2. The van der Waals surface area contributed by atoms with Crippen LogP contribution in [-0.4, -0.2) is 23.3 Å². The monoisotopic (exact) mass is 313 g/mol. The zero-order valence-electron chi connectivity index (χ0n) is 13.9. The fraction of sp³-hybridized carbons (Fsp3) is 0.389. The number of hydrogen-bond donors (Lipinski definition) is 2. The van der Waals surface area contributed by atoms with E-state index in [1.54, 1.807) is 19.1 Å². The van der Waals surface area contributed by atoms with Crippen LogP contribution in [0.15, 0.2) is 24.3 Å². The lowest BCUT2D eigenvalue weighted by atomic mass is 10.1. The summed E-state index contributed by atoms with van der Waals surface area (Å²) in [6.07, 6.45) is 2.35. The average molecular weight is 313 g/mol. The van der Waals surface area contributed by atoms with Crippen LogP contribution in [-0.2, 0) is 4.79 Å². The Labute approximate surface area is 136 Å². The Balaban J connectivity index is 2.42. The third-order valence-corrected chi connectivity index (χ3v) is 3.61. The summed E-state index contributed by atoms with van der Waals surface area (Å²) in [5.41, 5.74) is 2.72. The van der Waals surface area contributed by atoms with Gasteiger partial charge in [-0.05, 0) is 31.5 Å². The smallest absolute Gasteiger partial charge is 0.252 e. The van der Waals surface area contributed by atoms with Gasteiger partial charge < -0.3 is 10.6 Å². The lowest BCUT2D eigenvalue weighted by molar-refractivity contribution is -0.115. The highest BCUT2D eigenvalue weighted by Crippen LogP contribution is 2.23. The Morgan fingerprint density at radius 3 is 2.65 bits per heavy atom. The molecule has 1 aromatic carbocycles. The molecule has 5 nitrogen and oxygen atoms in total. The van der Waals surface area contributed by atoms with Crippen molar-refractivity contribution in [1.82, 2.24) is 10.3 Å². The van der Waals surface area contributed by atoms with E-state index in [0.717, 1.165) is 23.9 Å².